The molecule has 1 aliphatic rings. The Balaban J connectivity index is 1.95. The predicted molar refractivity (Wildman–Crippen MR) is 79.2 cm³/mol. The number of halogens is 2. The number of amides is 1. The second-order valence-corrected chi connectivity index (χ2v) is 6.55. The van der Waals surface area contributed by atoms with Crippen molar-refractivity contribution in [3.63, 3.8) is 0 Å². The molecule has 0 aliphatic heterocycles. The van der Waals surface area contributed by atoms with Gasteiger partial charge in [0.25, 0.3) is 0 Å². The highest BCUT2D eigenvalue weighted by atomic mass is 79.9. The highest BCUT2D eigenvalue weighted by molar-refractivity contribution is 9.10. The second-order valence-electron chi connectivity index (χ2n) is 5.18. The molecule has 0 aromatic heterocycles. The van der Waals surface area contributed by atoms with Crippen molar-refractivity contribution in [2.24, 2.45) is 5.92 Å². The van der Waals surface area contributed by atoms with E-state index in [4.69, 9.17) is 4.74 Å². The van der Waals surface area contributed by atoms with Gasteiger partial charge in [-0.2, -0.15) is 0 Å². The first kappa shape index (κ1) is 15.4. The van der Waals surface area contributed by atoms with Gasteiger partial charge in [-0.25, -0.2) is 4.39 Å². The van der Waals surface area contributed by atoms with Crippen LogP contribution in [0.3, 0.4) is 0 Å². The molecule has 20 heavy (non-hydrogen) atoms. The number of benzene rings is 1. The Bertz CT molecular complexity index is 446. The van der Waals surface area contributed by atoms with E-state index < -0.39 is 0 Å². The molecular formula is C15H19BrFNO2. The highest BCUT2D eigenvalue weighted by Crippen LogP contribution is 2.31. The van der Waals surface area contributed by atoms with Gasteiger partial charge in [-0.3, -0.25) is 4.79 Å². The Morgan fingerprint density at radius 3 is 2.65 bits per heavy atom. The van der Waals surface area contributed by atoms with E-state index in [0.717, 1.165) is 5.56 Å². The van der Waals surface area contributed by atoms with Crippen molar-refractivity contribution in [1.82, 2.24) is 5.32 Å². The lowest BCUT2D eigenvalue weighted by Gasteiger charge is -2.19. The average Bonchev–Trinajstić information content (AvgIpc) is 3.24. The highest BCUT2D eigenvalue weighted by Gasteiger charge is 2.24. The van der Waals surface area contributed by atoms with Crippen LogP contribution in [-0.2, 0) is 9.53 Å². The monoisotopic (exact) mass is 343 g/mol. The lowest BCUT2D eigenvalue weighted by Crippen LogP contribution is -2.33. The third-order valence-electron chi connectivity index (χ3n) is 3.29. The summed E-state index contributed by atoms with van der Waals surface area (Å²) in [4.78, 5) is 11.4. The maximum Gasteiger partial charge on any atom is 0.233 e. The molecule has 1 saturated carbocycles. The van der Waals surface area contributed by atoms with Gasteiger partial charge < -0.3 is 10.1 Å². The molecule has 5 heteroatoms. The smallest absolute Gasteiger partial charge is 0.233 e. The molecular weight excluding hydrogens is 325 g/mol. The van der Waals surface area contributed by atoms with E-state index in [0.29, 0.717) is 19.1 Å². The maximum absolute atomic E-state index is 13.0. The Kier molecular flexibility index (Phi) is 5.54. The van der Waals surface area contributed by atoms with E-state index >= 15 is 0 Å². The van der Waals surface area contributed by atoms with Gasteiger partial charge >= 0.3 is 0 Å². The number of rotatable bonds is 7. The lowest BCUT2D eigenvalue weighted by atomic mass is 10.1. The molecule has 1 amide bonds. The Labute approximate surface area is 127 Å². The van der Waals surface area contributed by atoms with Gasteiger partial charge in [0, 0.05) is 6.54 Å². The number of carbonyl (C=O) groups excluding carboxylic acids is 1. The van der Waals surface area contributed by atoms with Crippen molar-refractivity contribution >= 4 is 21.8 Å². The van der Waals surface area contributed by atoms with E-state index in [1.165, 1.54) is 25.0 Å². The first-order valence-corrected chi connectivity index (χ1v) is 7.76. The minimum atomic E-state index is -0.271. The fourth-order valence-corrected chi connectivity index (χ4v) is 1.98. The summed E-state index contributed by atoms with van der Waals surface area (Å²) >= 11 is 3.23. The van der Waals surface area contributed by atoms with Crippen molar-refractivity contribution in [3.8, 4) is 0 Å². The van der Waals surface area contributed by atoms with Gasteiger partial charge in [0.2, 0.25) is 5.91 Å². The van der Waals surface area contributed by atoms with Crippen LogP contribution in [0.5, 0.6) is 0 Å². The quantitative estimate of drug-likeness (QED) is 0.772. The summed E-state index contributed by atoms with van der Waals surface area (Å²) in [6, 6.07) is 6.24. The van der Waals surface area contributed by atoms with E-state index in [2.05, 4.69) is 21.2 Å². The molecule has 0 saturated heterocycles. The minimum Gasteiger partial charge on any atom is -0.371 e. The molecule has 0 bridgehead atoms. The number of alkyl halides is 1. The van der Waals surface area contributed by atoms with E-state index in [1.54, 1.807) is 19.1 Å². The molecule has 2 rings (SSSR count). The standard InChI is InChI=1S/C15H19BrFNO2/c1-10(16)15(19)18-8-14(20-9-11-2-3-11)12-4-6-13(17)7-5-12/h4-7,10-11,14H,2-3,8-9H2,1H3,(H,18,19)/t10-,14-/m1/s1. The van der Waals surface area contributed by atoms with Gasteiger partial charge in [-0.05, 0) is 43.4 Å². The summed E-state index contributed by atoms with van der Waals surface area (Å²) < 4.78 is 18.8. The molecule has 0 radical (unpaired) electrons. The lowest BCUT2D eigenvalue weighted by molar-refractivity contribution is -0.120. The van der Waals surface area contributed by atoms with Crippen LogP contribution in [0.1, 0.15) is 31.4 Å². The first-order valence-electron chi connectivity index (χ1n) is 6.85. The zero-order chi connectivity index (χ0) is 14.5. The zero-order valence-corrected chi connectivity index (χ0v) is 13.0. The molecule has 0 spiro atoms. The van der Waals surface area contributed by atoms with Crippen molar-refractivity contribution < 1.29 is 13.9 Å². The zero-order valence-electron chi connectivity index (χ0n) is 11.4. The van der Waals surface area contributed by atoms with Gasteiger partial charge in [0.05, 0.1) is 17.5 Å². The molecule has 1 N–H and O–H groups in total. The number of nitrogens with one attached hydrogen (secondary N) is 1. The fourth-order valence-electron chi connectivity index (χ4n) is 1.82. The summed E-state index contributed by atoms with van der Waals surface area (Å²) in [5, 5.41) is 2.83. The number of hydrogen-bond donors (Lipinski definition) is 1. The number of carbonyl (C=O) groups is 1. The summed E-state index contributed by atoms with van der Waals surface area (Å²) in [7, 11) is 0. The van der Waals surface area contributed by atoms with Gasteiger partial charge in [0.15, 0.2) is 0 Å². The fraction of sp³-hybridized carbons (Fsp3) is 0.533. The SMILES string of the molecule is C[C@@H](Br)C(=O)NC[C@@H](OCC1CC1)c1ccc(F)cc1. The summed E-state index contributed by atoms with van der Waals surface area (Å²) in [5.74, 6) is 0.295. The summed E-state index contributed by atoms with van der Waals surface area (Å²) in [6.45, 7) is 2.86. The van der Waals surface area contributed by atoms with Gasteiger partial charge in [0.1, 0.15) is 5.82 Å². The third kappa shape index (κ3) is 4.87. The van der Waals surface area contributed by atoms with Crippen LogP contribution in [0.2, 0.25) is 0 Å². The number of ether oxygens (including phenoxy) is 1. The topological polar surface area (TPSA) is 38.3 Å². The van der Waals surface area contributed by atoms with Crippen LogP contribution in [-0.4, -0.2) is 23.9 Å². The van der Waals surface area contributed by atoms with Crippen molar-refractivity contribution in [2.45, 2.75) is 30.7 Å². The predicted octanol–water partition coefficient (Wildman–Crippen LogP) is 3.19. The summed E-state index contributed by atoms with van der Waals surface area (Å²) in [5.41, 5.74) is 0.884. The van der Waals surface area contributed by atoms with Crippen molar-refractivity contribution in [1.29, 1.82) is 0 Å². The molecule has 0 heterocycles. The summed E-state index contributed by atoms with van der Waals surface area (Å²) in [6.07, 6.45) is 2.19. The second kappa shape index (κ2) is 7.18. The maximum atomic E-state index is 13.0. The van der Waals surface area contributed by atoms with Gasteiger partial charge in [-0.1, -0.05) is 28.1 Å². The number of hydrogen-bond acceptors (Lipinski definition) is 2. The Morgan fingerprint density at radius 2 is 2.10 bits per heavy atom. The Hall–Kier alpha value is -0.940. The largest absolute Gasteiger partial charge is 0.371 e. The molecule has 2 atom stereocenters. The minimum absolute atomic E-state index is 0.0767. The van der Waals surface area contributed by atoms with E-state index in [-0.39, 0.29) is 22.7 Å². The van der Waals surface area contributed by atoms with Crippen LogP contribution in [0.15, 0.2) is 24.3 Å². The molecule has 1 aromatic carbocycles. The van der Waals surface area contributed by atoms with Crippen LogP contribution in [0, 0.1) is 11.7 Å². The normalized spacial score (nSPS) is 17.6. The van der Waals surface area contributed by atoms with E-state index in [9.17, 15) is 9.18 Å². The van der Waals surface area contributed by atoms with E-state index in [1.807, 2.05) is 0 Å². The van der Waals surface area contributed by atoms with Crippen LogP contribution in [0.4, 0.5) is 4.39 Å². The molecule has 1 aliphatic carbocycles. The molecule has 3 nitrogen and oxygen atoms in total. The first-order chi connectivity index (χ1) is 9.56. The molecule has 1 aromatic rings. The van der Waals surface area contributed by atoms with Crippen LogP contribution >= 0.6 is 15.9 Å². The molecule has 110 valence electrons. The molecule has 1 fully saturated rings. The Morgan fingerprint density at radius 1 is 1.45 bits per heavy atom. The van der Waals surface area contributed by atoms with Crippen LogP contribution < -0.4 is 5.32 Å². The van der Waals surface area contributed by atoms with Crippen molar-refractivity contribution in [2.75, 3.05) is 13.2 Å². The van der Waals surface area contributed by atoms with Crippen molar-refractivity contribution in [3.05, 3.63) is 35.6 Å². The average molecular weight is 344 g/mol. The molecule has 0 unspecified atom stereocenters. The van der Waals surface area contributed by atoms with Crippen LogP contribution in [0.25, 0.3) is 0 Å². The van der Waals surface area contributed by atoms with Gasteiger partial charge in [-0.15, -0.1) is 0 Å². The third-order valence-corrected chi connectivity index (χ3v) is 3.71.